The molecule has 2 aromatic rings. The van der Waals surface area contributed by atoms with Gasteiger partial charge in [0.2, 0.25) is 5.91 Å². The van der Waals surface area contributed by atoms with Crippen molar-refractivity contribution in [1.29, 1.82) is 0 Å². The van der Waals surface area contributed by atoms with Crippen molar-refractivity contribution in [1.82, 2.24) is 14.7 Å². The average molecular weight is 318 g/mol. The van der Waals surface area contributed by atoms with E-state index >= 15 is 0 Å². The molecule has 1 unspecified atom stereocenters. The van der Waals surface area contributed by atoms with E-state index < -0.39 is 0 Å². The summed E-state index contributed by atoms with van der Waals surface area (Å²) in [7, 11) is 0. The van der Waals surface area contributed by atoms with Gasteiger partial charge < -0.3 is 10.2 Å². The van der Waals surface area contributed by atoms with Crippen LogP contribution < -0.4 is 5.32 Å². The van der Waals surface area contributed by atoms with Crippen molar-refractivity contribution < 1.29 is 9.59 Å². The van der Waals surface area contributed by atoms with Crippen molar-refractivity contribution in [2.75, 3.05) is 18.4 Å². The van der Waals surface area contributed by atoms with E-state index in [0.29, 0.717) is 12.4 Å². The molecule has 3 rings (SSSR count). The molecule has 6 nitrogen and oxygen atoms in total. The fourth-order valence-corrected chi connectivity index (χ4v) is 3.56. The minimum Gasteiger partial charge on any atom is -0.336 e. The van der Waals surface area contributed by atoms with Gasteiger partial charge in [0, 0.05) is 32.3 Å². The first-order chi connectivity index (χ1) is 10.5. The average Bonchev–Trinajstić information content (AvgIpc) is 3.16. The van der Waals surface area contributed by atoms with Crippen molar-refractivity contribution >= 4 is 29.0 Å². The van der Waals surface area contributed by atoms with Gasteiger partial charge in [-0.1, -0.05) is 0 Å². The highest BCUT2D eigenvalue weighted by molar-refractivity contribution is 7.12. The van der Waals surface area contributed by atoms with E-state index in [0.717, 1.165) is 23.4 Å². The Labute approximate surface area is 132 Å². The monoisotopic (exact) mass is 318 g/mol. The topological polar surface area (TPSA) is 67.2 Å². The molecule has 1 atom stereocenters. The lowest BCUT2D eigenvalue weighted by atomic mass is 10.2. The van der Waals surface area contributed by atoms with Gasteiger partial charge >= 0.3 is 0 Å². The Kier molecular flexibility index (Phi) is 3.98. The largest absolute Gasteiger partial charge is 0.336 e. The second-order valence-electron chi connectivity index (χ2n) is 5.49. The van der Waals surface area contributed by atoms with Gasteiger partial charge in [-0.25, -0.2) is 0 Å². The maximum absolute atomic E-state index is 12.5. The fourth-order valence-electron chi connectivity index (χ4n) is 2.67. The molecular formula is C15H18N4O2S. The van der Waals surface area contributed by atoms with Crippen LogP contribution in [-0.2, 0) is 4.79 Å². The molecule has 1 aliphatic rings. The van der Waals surface area contributed by atoms with Gasteiger partial charge in [-0.15, -0.1) is 11.3 Å². The van der Waals surface area contributed by atoms with Crippen LogP contribution in [0.3, 0.4) is 0 Å². The summed E-state index contributed by atoms with van der Waals surface area (Å²) in [5.74, 6) is 0.511. The third-order valence-corrected chi connectivity index (χ3v) is 4.80. The molecule has 1 aliphatic heterocycles. The van der Waals surface area contributed by atoms with Crippen molar-refractivity contribution in [3.8, 4) is 0 Å². The third kappa shape index (κ3) is 2.89. The van der Waals surface area contributed by atoms with Crippen LogP contribution in [0.4, 0.5) is 5.82 Å². The number of anilines is 1. The predicted octanol–water partition coefficient (Wildman–Crippen LogP) is 2.30. The number of amides is 2. The van der Waals surface area contributed by atoms with Crippen LogP contribution in [0.1, 0.15) is 34.6 Å². The molecule has 1 saturated heterocycles. The molecule has 0 aliphatic carbocycles. The highest BCUT2D eigenvalue weighted by atomic mass is 32.1. The van der Waals surface area contributed by atoms with Crippen LogP contribution in [0.15, 0.2) is 23.7 Å². The zero-order valence-corrected chi connectivity index (χ0v) is 13.4. The molecule has 0 spiro atoms. The highest BCUT2D eigenvalue weighted by Gasteiger charge is 2.29. The van der Waals surface area contributed by atoms with Crippen molar-refractivity contribution in [3.63, 3.8) is 0 Å². The van der Waals surface area contributed by atoms with E-state index in [1.165, 1.54) is 18.3 Å². The zero-order chi connectivity index (χ0) is 15.7. The Morgan fingerprint density at radius 3 is 2.91 bits per heavy atom. The number of nitrogens with one attached hydrogen (secondary N) is 1. The van der Waals surface area contributed by atoms with E-state index in [4.69, 9.17) is 0 Å². The number of aryl methyl sites for hydroxylation is 1. The minimum absolute atomic E-state index is 0.101. The zero-order valence-electron chi connectivity index (χ0n) is 12.6. The second kappa shape index (κ2) is 5.92. The Morgan fingerprint density at radius 1 is 1.41 bits per heavy atom. The quantitative estimate of drug-likeness (QED) is 0.944. The number of carbonyl (C=O) groups excluding carboxylic acids is 2. The van der Waals surface area contributed by atoms with Crippen molar-refractivity contribution in [2.24, 2.45) is 0 Å². The van der Waals surface area contributed by atoms with Crippen LogP contribution in [0.2, 0.25) is 0 Å². The lowest BCUT2D eigenvalue weighted by Gasteiger charge is -2.16. The van der Waals surface area contributed by atoms with Crippen molar-refractivity contribution in [3.05, 3.63) is 34.2 Å². The van der Waals surface area contributed by atoms with Gasteiger partial charge in [-0.2, -0.15) is 5.10 Å². The molecular weight excluding hydrogens is 300 g/mol. The molecule has 0 radical (unpaired) electrons. The highest BCUT2D eigenvalue weighted by Crippen LogP contribution is 2.26. The third-order valence-electron chi connectivity index (χ3n) is 3.79. The Morgan fingerprint density at radius 2 is 2.23 bits per heavy atom. The first-order valence-corrected chi connectivity index (χ1v) is 8.08. The molecule has 7 heteroatoms. The van der Waals surface area contributed by atoms with E-state index in [1.807, 2.05) is 34.1 Å². The first-order valence-electron chi connectivity index (χ1n) is 7.20. The van der Waals surface area contributed by atoms with Crippen LogP contribution in [-0.4, -0.2) is 39.6 Å². The lowest BCUT2D eigenvalue weighted by Crippen LogP contribution is -2.29. The molecule has 2 aromatic heterocycles. The number of aromatic nitrogens is 2. The second-order valence-corrected chi connectivity index (χ2v) is 6.40. The molecule has 1 N–H and O–H groups in total. The number of carbonyl (C=O) groups is 2. The Balaban J connectivity index is 1.67. The summed E-state index contributed by atoms with van der Waals surface area (Å²) in [6.07, 6.45) is 2.72. The molecule has 0 saturated carbocycles. The maximum Gasteiger partial charge on any atom is 0.264 e. The standard InChI is InChI=1S/C15H18N4O2S/c1-10-5-8-22-14(10)15(21)18-6-3-12(9-18)19-7-4-13(17-19)16-11(2)20/h4-5,7-8,12H,3,6,9H2,1-2H3,(H,16,17,20). The molecule has 1 fully saturated rings. The molecule has 116 valence electrons. The molecule has 2 amide bonds. The van der Waals surface area contributed by atoms with Gasteiger partial charge in [-0.05, 0) is 30.4 Å². The summed E-state index contributed by atoms with van der Waals surface area (Å²) in [4.78, 5) is 26.2. The fraction of sp³-hybridized carbons (Fsp3) is 0.400. The lowest BCUT2D eigenvalue weighted by molar-refractivity contribution is -0.114. The predicted molar refractivity (Wildman–Crippen MR) is 85.1 cm³/mol. The maximum atomic E-state index is 12.5. The van der Waals surface area contributed by atoms with Gasteiger partial charge in [0.1, 0.15) is 0 Å². The number of thiophene rings is 1. The SMILES string of the molecule is CC(=O)Nc1ccn(C2CCN(C(=O)c3sccc3C)C2)n1. The van der Waals surface area contributed by atoms with Gasteiger partial charge in [0.05, 0.1) is 10.9 Å². The van der Waals surface area contributed by atoms with E-state index in [-0.39, 0.29) is 17.9 Å². The van der Waals surface area contributed by atoms with E-state index in [1.54, 1.807) is 6.07 Å². The number of nitrogens with zero attached hydrogens (tertiary/aromatic N) is 3. The summed E-state index contributed by atoms with van der Waals surface area (Å²) in [6.45, 7) is 4.80. The number of hydrogen-bond acceptors (Lipinski definition) is 4. The van der Waals surface area contributed by atoms with E-state index in [9.17, 15) is 9.59 Å². The van der Waals surface area contributed by atoms with Gasteiger partial charge in [0.15, 0.2) is 5.82 Å². The summed E-state index contributed by atoms with van der Waals surface area (Å²) >= 11 is 1.49. The summed E-state index contributed by atoms with van der Waals surface area (Å²) in [5, 5.41) is 8.97. The molecule has 3 heterocycles. The Bertz CT molecular complexity index is 706. The van der Waals surface area contributed by atoms with Gasteiger partial charge in [0.25, 0.3) is 5.91 Å². The van der Waals surface area contributed by atoms with Crippen molar-refractivity contribution in [2.45, 2.75) is 26.3 Å². The molecule has 0 aromatic carbocycles. The normalized spacial score (nSPS) is 17.7. The smallest absolute Gasteiger partial charge is 0.264 e. The van der Waals surface area contributed by atoms with Crippen LogP contribution >= 0.6 is 11.3 Å². The summed E-state index contributed by atoms with van der Waals surface area (Å²) in [6, 6.07) is 3.90. The number of hydrogen-bond donors (Lipinski definition) is 1. The number of likely N-dealkylation sites (tertiary alicyclic amines) is 1. The number of rotatable bonds is 3. The summed E-state index contributed by atoms with van der Waals surface area (Å²) < 4.78 is 1.83. The van der Waals surface area contributed by atoms with Crippen LogP contribution in [0.25, 0.3) is 0 Å². The van der Waals surface area contributed by atoms with E-state index in [2.05, 4.69) is 10.4 Å². The minimum atomic E-state index is -0.137. The molecule has 0 bridgehead atoms. The molecule has 22 heavy (non-hydrogen) atoms. The van der Waals surface area contributed by atoms with Crippen LogP contribution in [0, 0.1) is 6.92 Å². The Hall–Kier alpha value is -2.15. The summed E-state index contributed by atoms with van der Waals surface area (Å²) in [5.41, 5.74) is 1.03. The first kappa shape index (κ1) is 14.8. The van der Waals surface area contributed by atoms with Crippen LogP contribution in [0.5, 0.6) is 0 Å². The van der Waals surface area contributed by atoms with Gasteiger partial charge in [-0.3, -0.25) is 14.3 Å².